The molecule has 0 bridgehead atoms. The summed E-state index contributed by atoms with van der Waals surface area (Å²) in [5.41, 5.74) is 3.74. The second-order valence-electron chi connectivity index (χ2n) is 19.9. The average molecular weight is 948 g/mol. The number of fused-ring (bicyclic) bond motifs is 2. The summed E-state index contributed by atoms with van der Waals surface area (Å²) in [6.07, 6.45) is 20.0. The number of allylic oxidation sites excluding steroid dienone is 1. The van der Waals surface area contributed by atoms with Crippen LogP contribution in [0.1, 0.15) is 160 Å². The van der Waals surface area contributed by atoms with Crippen molar-refractivity contribution in [3.63, 3.8) is 0 Å². The third-order valence-corrected chi connectivity index (χ3v) is 13.5. The van der Waals surface area contributed by atoms with Crippen molar-refractivity contribution in [1.82, 2.24) is 9.88 Å². The van der Waals surface area contributed by atoms with Gasteiger partial charge in [0.05, 0.1) is 50.4 Å². The first-order valence-corrected chi connectivity index (χ1v) is 25.9. The summed E-state index contributed by atoms with van der Waals surface area (Å²) in [6.45, 7) is 15.3. The number of oxime groups is 1. The minimum atomic E-state index is -1.45. The number of benzene rings is 1. The van der Waals surface area contributed by atoms with E-state index in [0.29, 0.717) is 30.1 Å². The molecule has 0 spiro atoms. The molecule has 1 fully saturated rings. The molecule has 1 saturated carbocycles. The number of aryl methyl sites for hydroxylation is 1. The number of unbranched alkanes of at least 4 members (excludes halogenated alkanes) is 11. The molecule has 5 rings (SSSR count). The Morgan fingerprint density at radius 3 is 2.31 bits per heavy atom. The van der Waals surface area contributed by atoms with Crippen molar-refractivity contribution in [1.29, 1.82) is 0 Å². The molecule has 6 atom stereocenters. The highest BCUT2D eigenvalue weighted by atomic mass is 16.7. The molecule has 2 aliphatic carbocycles. The van der Waals surface area contributed by atoms with Gasteiger partial charge in [-0.1, -0.05) is 101 Å². The average Bonchev–Trinajstić information content (AvgIpc) is 3.32. The maximum atomic E-state index is 14.8. The van der Waals surface area contributed by atoms with Crippen LogP contribution in [0.25, 0.3) is 0 Å². The molecule has 1 aliphatic heterocycles. The normalized spacial score (nSPS) is 22.4. The zero-order valence-electron chi connectivity index (χ0n) is 42.1. The Hall–Kier alpha value is -4.01. The lowest BCUT2D eigenvalue weighted by molar-refractivity contribution is -0.256. The summed E-state index contributed by atoms with van der Waals surface area (Å²) < 4.78 is 33.0. The monoisotopic (exact) mass is 948 g/mol. The Kier molecular flexibility index (Phi) is 23.1. The number of ether oxygens (including phenoxy) is 5. The quantitative estimate of drug-likeness (QED) is 0.0364. The molecular weight excluding hydrogens is 863 g/mol. The molecule has 1 aromatic heterocycles. The highest BCUT2D eigenvalue weighted by Crippen LogP contribution is 2.62. The minimum Gasteiger partial charge on any atom is -0.487 e. The lowest BCUT2D eigenvalue weighted by atomic mass is 9.55. The van der Waals surface area contributed by atoms with Crippen molar-refractivity contribution in [2.45, 2.75) is 174 Å². The van der Waals surface area contributed by atoms with E-state index in [1.165, 1.54) is 44.9 Å². The SMILES string of the molecule is C=CCO[C@@]12Oc3ccc(OCc4cccc(C)n4)cc3[C@H]3[C@H](CCCCO)[C@@H](CCCCO)C=C(C(=NOC(C)(C)C)C[C@@H]1N(CCOCCO)C(=O)OCCCCCCCCCCCC)[C@H]32. The van der Waals surface area contributed by atoms with Crippen molar-refractivity contribution in [3.05, 3.63) is 77.7 Å². The van der Waals surface area contributed by atoms with E-state index in [4.69, 9.17) is 33.7 Å². The number of carbonyl (C=O) groups is 1. The molecule has 0 radical (unpaired) electrons. The van der Waals surface area contributed by atoms with Crippen LogP contribution in [0.3, 0.4) is 0 Å². The van der Waals surface area contributed by atoms with E-state index < -0.39 is 29.4 Å². The number of aliphatic hydroxyl groups excluding tert-OH is 3. The van der Waals surface area contributed by atoms with Crippen LogP contribution >= 0.6 is 0 Å². The molecule has 13 nitrogen and oxygen atoms in total. The number of amides is 1. The Bertz CT molecular complexity index is 1880. The van der Waals surface area contributed by atoms with Gasteiger partial charge in [-0.15, -0.1) is 6.58 Å². The third kappa shape index (κ3) is 15.8. The number of aromatic nitrogens is 1. The highest BCUT2D eigenvalue weighted by molar-refractivity contribution is 6.03. The number of hydrogen-bond acceptors (Lipinski definition) is 12. The van der Waals surface area contributed by atoms with E-state index >= 15 is 0 Å². The van der Waals surface area contributed by atoms with E-state index in [0.717, 1.165) is 67.5 Å². The number of hydrogen-bond donors (Lipinski definition) is 3. The standard InChI is InChI=1S/C55H85N3O10/c1-7-9-10-11-12-13-14-15-16-21-34-64-53(62)58(29-35-63-36-32-61)50-39-48(57-68-54(4,5)6)46-37-42(24-17-19-30-59)45(26-18-20-31-60)51-47-38-44(65-40-43-25-22-23-41(3)56-43)27-28-49(47)67-55(50,52(46)51)66-33-8-2/h8,22-23,25,27-28,37-38,42,45,50-52,59-61H,2,7,9-21,24,26,29-36,39-40H2,1,3-6H3/t42-,45+,50-,51+,52+,55+/m0/s1. The molecule has 13 heteroatoms. The number of rotatable bonds is 32. The summed E-state index contributed by atoms with van der Waals surface area (Å²) in [4.78, 5) is 27.4. The number of carbonyl (C=O) groups excluding carboxylic acids is 1. The molecule has 3 aliphatic rings. The van der Waals surface area contributed by atoms with E-state index in [2.05, 4.69) is 30.6 Å². The summed E-state index contributed by atoms with van der Waals surface area (Å²) in [5, 5.41) is 34.6. The van der Waals surface area contributed by atoms with Crippen LogP contribution in [-0.4, -0.2) is 107 Å². The smallest absolute Gasteiger partial charge is 0.410 e. The minimum absolute atomic E-state index is 0.0465. The summed E-state index contributed by atoms with van der Waals surface area (Å²) in [5.74, 6) is -0.743. The lowest BCUT2D eigenvalue weighted by Gasteiger charge is -2.60. The van der Waals surface area contributed by atoms with Crippen molar-refractivity contribution in [2.75, 3.05) is 52.8 Å². The molecule has 0 saturated heterocycles. The van der Waals surface area contributed by atoms with Gasteiger partial charge < -0.3 is 43.8 Å². The Labute approximate surface area is 407 Å². The van der Waals surface area contributed by atoms with E-state index in [-0.39, 0.29) is 83.6 Å². The molecule has 2 heterocycles. The number of aliphatic hydroxyl groups is 3. The van der Waals surface area contributed by atoms with Gasteiger partial charge in [0, 0.05) is 43.4 Å². The fourth-order valence-electron chi connectivity index (χ4n) is 10.3. The molecular formula is C55H85N3O10. The summed E-state index contributed by atoms with van der Waals surface area (Å²) in [6, 6.07) is 11.1. The maximum absolute atomic E-state index is 14.8. The van der Waals surface area contributed by atoms with Gasteiger partial charge in [0.25, 0.3) is 0 Å². The van der Waals surface area contributed by atoms with Crippen molar-refractivity contribution in [3.8, 4) is 11.5 Å². The fourth-order valence-corrected chi connectivity index (χ4v) is 10.3. The van der Waals surface area contributed by atoms with Gasteiger partial charge >= 0.3 is 6.09 Å². The molecule has 1 aromatic carbocycles. The van der Waals surface area contributed by atoms with Crippen molar-refractivity contribution in [2.24, 2.45) is 22.9 Å². The van der Waals surface area contributed by atoms with Gasteiger partial charge in [-0.05, 0) is 108 Å². The molecule has 380 valence electrons. The van der Waals surface area contributed by atoms with Gasteiger partial charge in [-0.3, -0.25) is 9.88 Å². The topological polar surface area (TPSA) is 162 Å². The molecule has 68 heavy (non-hydrogen) atoms. The summed E-state index contributed by atoms with van der Waals surface area (Å²) >= 11 is 0. The van der Waals surface area contributed by atoms with Gasteiger partial charge in [0.1, 0.15) is 29.7 Å². The molecule has 3 N–H and O–H groups in total. The first-order valence-electron chi connectivity index (χ1n) is 25.9. The molecule has 0 unspecified atom stereocenters. The van der Waals surface area contributed by atoms with E-state index in [1.807, 2.05) is 58.0 Å². The van der Waals surface area contributed by atoms with Crippen LogP contribution in [-0.2, 0) is 25.7 Å². The van der Waals surface area contributed by atoms with Gasteiger partial charge in [0.15, 0.2) is 0 Å². The Morgan fingerprint density at radius 1 is 0.912 bits per heavy atom. The van der Waals surface area contributed by atoms with Crippen LogP contribution in [0.15, 0.2) is 65.9 Å². The predicted molar refractivity (Wildman–Crippen MR) is 267 cm³/mol. The van der Waals surface area contributed by atoms with Crippen LogP contribution in [0.2, 0.25) is 0 Å². The lowest BCUT2D eigenvalue weighted by Crippen LogP contribution is -2.70. The van der Waals surface area contributed by atoms with Crippen LogP contribution in [0.5, 0.6) is 11.5 Å². The van der Waals surface area contributed by atoms with Gasteiger partial charge in [-0.25, -0.2) is 4.79 Å². The maximum Gasteiger partial charge on any atom is 0.410 e. The third-order valence-electron chi connectivity index (χ3n) is 13.5. The van der Waals surface area contributed by atoms with Crippen LogP contribution < -0.4 is 9.47 Å². The van der Waals surface area contributed by atoms with Crippen LogP contribution in [0, 0.1) is 24.7 Å². The first-order chi connectivity index (χ1) is 33.0. The second kappa shape index (κ2) is 28.6. The Morgan fingerprint density at radius 2 is 1.63 bits per heavy atom. The fraction of sp³-hybridized carbons (Fsp3) is 0.691. The largest absolute Gasteiger partial charge is 0.487 e. The summed E-state index contributed by atoms with van der Waals surface area (Å²) in [7, 11) is 0. The predicted octanol–water partition coefficient (Wildman–Crippen LogP) is 10.8. The van der Waals surface area contributed by atoms with Gasteiger partial charge in [-0.2, -0.15) is 0 Å². The van der Waals surface area contributed by atoms with E-state index in [9.17, 15) is 20.1 Å². The molecule has 2 aromatic rings. The van der Waals surface area contributed by atoms with Gasteiger partial charge in [0.2, 0.25) is 5.79 Å². The molecule has 1 amide bonds. The zero-order chi connectivity index (χ0) is 48.8. The Balaban J connectivity index is 1.61. The van der Waals surface area contributed by atoms with E-state index in [1.54, 1.807) is 11.0 Å². The second-order valence-corrected chi connectivity index (χ2v) is 19.9. The van der Waals surface area contributed by atoms with Crippen LogP contribution in [0.4, 0.5) is 4.79 Å². The van der Waals surface area contributed by atoms with Crippen molar-refractivity contribution >= 4 is 11.8 Å². The van der Waals surface area contributed by atoms with Crippen molar-refractivity contribution < 1.29 is 48.6 Å². The first kappa shape index (κ1) is 54.9. The zero-order valence-corrected chi connectivity index (χ0v) is 42.1. The number of pyridine rings is 1. The highest BCUT2D eigenvalue weighted by Gasteiger charge is 2.65. The number of nitrogens with zero attached hydrogens (tertiary/aromatic N) is 3.